The standard InChI is InChI=1S/C25H32N6O5S/c1-33-19-8-7-14(10-18(19)30-24(32)17(26)6-5-9-29-25(27)28)16-13-37-31-22(16)15-11-20(34-2)23(36-4)21(12-15)35-3/h7-8,10-13,17H,5-6,9,26H2,1-4H3,(H,30,32)(H4,27,28,29)/t17-/m0/s1. The maximum atomic E-state index is 12.8. The Balaban J connectivity index is 1.89. The molecular weight excluding hydrogens is 496 g/mol. The van der Waals surface area contributed by atoms with Crippen LogP contribution in [0.15, 0.2) is 35.7 Å². The maximum absolute atomic E-state index is 12.8. The molecule has 0 fully saturated rings. The summed E-state index contributed by atoms with van der Waals surface area (Å²) in [7, 11) is 6.21. The molecule has 1 heterocycles. The summed E-state index contributed by atoms with van der Waals surface area (Å²) in [6.45, 7) is 0.462. The SMILES string of the molecule is COc1ccc(-c2csnc2-c2cc(OC)c(OC)c(OC)c2)cc1NC(=O)[C@@H](N)CCCNC(=N)N. The number of ether oxygens (including phenoxy) is 4. The van der Waals surface area contributed by atoms with E-state index in [-0.39, 0.29) is 11.9 Å². The van der Waals surface area contributed by atoms with Crippen molar-refractivity contribution in [1.82, 2.24) is 9.69 Å². The van der Waals surface area contributed by atoms with E-state index in [1.54, 1.807) is 27.4 Å². The highest BCUT2D eigenvalue weighted by atomic mass is 32.1. The first kappa shape index (κ1) is 27.6. The summed E-state index contributed by atoms with van der Waals surface area (Å²) in [5, 5.41) is 14.7. The van der Waals surface area contributed by atoms with Crippen LogP contribution in [0.4, 0.5) is 5.69 Å². The molecule has 198 valence electrons. The number of rotatable bonds is 12. The van der Waals surface area contributed by atoms with Crippen molar-refractivity contribution in [3.8, 4) is 45.4 Å². The number of nitrogens with one attached hydrogen (secondary N) is 3. The Hall–Kier alpha value is -4.03. The zero-order valence-electron chi connectivity index (χ0n) is 21.2. The molecule has 3 rings (SSSR count). The number of guanidine groups is 1. The van der Waals surface area contributed by atoms with E-state index in [9.17, 15) is 4.79 Å². The Morgan fingerprint density at radius 2 is 1.70 bits per heavy atom. The van der Waals surface area contributed by atoms with Crippen molar-refractivity contribution in [2.75, 3.05) is 40.3 Å². The second kappa shape index (κ2) is 12.8. The minimum Gasteiger partial charge on any atom is -0.495 e. The number of hydrogen-bond acceptors (Lipinski definition) is 9. The monoisotopic (exact) mass is 528 g/mol. The van der Waals surface area contributed by atoms with Gasteiger partial charge in [0.2, 0.25) is 11.7 Å². The highest BCUT2D eigenvalue weighted by Crippen LogP contribution is 2.44. The maximum Gasteiger partial charge on any atom is 0.241 e. The molecule has 12 heteroatoms. The predicted octanol–water partition coefficient (Wildman–Crippen LogP) is 3.04. The number of nitrogens with zero attached hydrogens (tertiary/aromatic N) is 1. The number of carbonyl (C=O) groups excluding carboxylic acids is 1. The number of nitrogens with two attached hydrogens (primary N) is 2. The minimum absolute atomic E-state index is 0.117. The Morgan fingerprint density at radius 3 is 2.30 bits per heavy atom. The fourth-order valence-corrected chi connectivity index (χ4v) is 4.46. The summed E-state index contributed by atoms with van der Waals surface area (Å²) < 4.78 is 26.5. The lowest BCUT2D eigenvalue weighted by atomic mass is 10.0. The summed E-state index contributed by atoms with van der Waals surface area (Å²) in [5.41, 5.74) is 15.0. The summed E-state index contributed by atoms with van der Waals surface area (Å²) in [5.74, 6) is 1.57. The molecule has 0 bridgehead atoms. The van der Waals surface area contributed by atoms with Crippen LogP contribution in [0.3, 0.4) is 0 Å². The van der Waals surface area contributed by atoms with Crippen LogP contribution in [0.5, 0.6) is 23.0 Å². The Kier molecular flexibility index (Phi) is 9.52. The average Bonchev–Trinajstić information content (AvgIpc) is 3.40. The fraction of sp³-hybridized carbons (Fsp3) is 0.320. The van der Waals surface area contributed by atoms with Gasteiger partial charge >= 0.3 is 0 Å². The number of hydrogen-bond donors (Lipinski definition) is 5. The van der Waals surface area contributed by atoms with Gasteiger partial charge in [-0.15, -0.1) is 0 Å². The smallest absolute Gasteiger partial charge is 0.241 e. The van der Waals surface area contributed by atoms with Crippen LogP contribution >= 0.6 is 11.5 Å². The van der Waals surface area contributed by atoms with Gasteiger partial charge < -0.3 is 41.0 Å². The summed E-state index contributed by atoms with van der Waals surface area (Å²) in [4.78, 5) is 12.8. The van der Waals surface area contributed by atoms with Crippen molar-refractivity contribution in [2.24, 2.45) is 11.5 Å². The molecule has 0 radical (unpaired) electrons. The van der Waals surface area contributed by atoms with Gasteiger partial charge in [-0.05, 0) is 54.2 Å². The van der Waals surface area contributed by atoms with E-state index in [0.29, 0.717) is 48.1 Å². The molecule has 11 nitrogen and oxygen atoms in total. The molecule has 0 aliphatic rings. The topological polar surface area (TPSA) is 167 Å². The number of amides is 1. The second-order valence-electron chi connectivity index (χ2n) is 7.98. The average molecular weight is 529 g/mol. The molecule has 0 unspecified atom stereocenters. The van der Waals surface area contributed by atoms with Crippen LogP contribution in [-0.4, -0.2) is 57.3 Å². The molecule has 1 atom stereocenters. The molecule has 2 aromatic carbocycles. The highest BCUT2D eigenvalue weighted by molar-refractivity contribution is 7.04. The molecule has 3 aromatic rings. The first-order valence-electron chi connectivity index (χ1n) is 11.4. The Morgan fingerprint density at radius 1 is 1.03 bits per heavy atom. The third-order valence-electron chi connectivity index (χ3n) is 5.62. The van der Waals surface area contributed by atoms with E-state index in [1.165, 1.54) is 18.6 Å². The lowest BCUT2D eigenvalue weighted by Crippen LogP contribution is -2.37. The molecule has 0 aliphatic carbocycles. The minimum atomic E-state index is -0.736. The van der Waals surface area contributed by atoms with E-state index in [1.807, 2.05) is 29.6 Å². The van der Waals surface area contributed by atoms with Gasteiger partial charge in [0.1, 0.15) is 5.75 Å². The van der Waals surface area contributed by atoms with E-state index in [0.717, 1.165) is 22.4 Å². The predicted molar refractivity (Wildman–Crippen MR) is 145 cm³/mol. The quantitative estimate of drug-likeness (QED) is 0.135. The van der Waals surface area contributed by atoms with Crippen molar-refractivity contribution >= 4 is 29.1 Å². The van der Waals surface area contributed by atoms with Crippen LogP contribution < -0.4 is 41.0 Å². The van der Waals surface area contributed by atoms with Gasteiger partial charge in [-0.2, -0.15) is 4.37 Å². The summed E-state index contributed by atoms with van der Waals surface area (Å²) in [6.07, 6.45) is 1.01. The summed E-state index contributed by atoms with van der Waals surface area (Å²) >= 11 is 1.31. The largest absolute Gasteiger partial charge is 0.495 e. The molecule has 1 amide bonds. The van der Waals surface area contributed by atoms with Gasteiger partial charge in [0.25, 0.3) is 0 Å². The third kappa shape index (κ3) is 6.60. The lowest BCUT2D eigenvalue weighted by molar-refractivity contribution is -0.117. The number of methoxy groups -OCH3 is 4. The molecule has 0 saturated heterocycles. The van der Waals surface area contributed by atoms with Crippen molar-refractivity contribution in [1.29, 1.82) is 5.41 Å². The molecule has 1 aromatic heterocycles. The van der Waals surface area contributed by atoms with Gasteiger partial charge in [0, 0.05) is 23.1 Å². The molecule has 7 N–H and O–H groups in total. The van der Waals surface area contributed by atoms with Crippen LogP contribution in [-0.2, 0) is 4.79 Å². The normalized spacial score (nSPS) is 11.4. The zero-order valence-corrected chi connectivity index (χ0v) is 22.0. The third-order valence-corrected chi connectivity index (χ3v) is 6.25. The molecule has 37 heavy (non-hydrogen) atoms. The molecule has 0 saturated carbocycles. The Bertz CT molecular complexity index is 1220. The van der Waals surface area contributed by atoms with Gasteiger partial charge in [-0.25, -0.2) is 0 Å². The van der Waals surface area contributed by atoms with E-state index in [4.69, 9.17) is 35.8 Å². The van der Waals surface area contributed by atoms with Crippen molar-refractivity contribution < 1.29 is 23.7 Å². The van der Waals surface area contributed by atoms with Crippen LogP contribution in [0.2, 0.25) is 0 Å². The van der Waals surface area contributed by atoms with Crippen LogP contribution in [0.1, 0.15) is 12.8 Å². The number of aromatic nitrogens is 1. The Labute approximate surface area is 219 Å². The van der Waals surface area contributed by atoms with Gasteiger partial charge in [-0.1, -0.05) is 6.07 Å². The number of carbonyl (C=O) groups is 1. The summed E-state index contributed by atoms with van der Waals surface area (Å²) in [6, 6.07) is 8.45. The highest BCUT2D eigenvalue weighted by Gasteiger charge is 2.20. The molecule has 0 aliphatic heterocycles. The molecular formula is C25H32N6O5S. The van der Waals surface area contributed by atoms with Crippen molar-refractivity contribution in [3.63, 3.8) is 0 Å². The van der Waals surface area contributed by atoms with E-state index < -0.39 is 6.04 Å². The fourth-order valence-electron chi connectivity index (χ4n) is 3.74. The van der Waals surface area contributed by atoms with Crippen molar-refractivity contribution in [3.05, 3.63) is 35.7 Å². The van der Waals surface area contributed by atoms with E-state index >= 15 is 0 Å². The number of benzene rings is 2. The lowest BCUT2D eigenvalue weighted by Gasteiger charge is -2.16. The first-order valence-corrected chi connectivity index (χ1v) is 12.2. The van der Waals surface area contributed by atoms with Crippen LogP contribution in [0.25, 0.3) is 22.4 Å². The van der Waals surface area contributed by atoms with Gasteiger partial charge in [0.15, 0.2) is 17.5 Å². The van der Waals surface area contributed by atoms with E-state index in [2.05, 4.69) is 15.0 Å². The first-order chi connectivity index (χ1) is 17.8. The second-order valence-corrected chi connectivity index (χ2v) is 8.61. The van der Waals surface area contributed by atoms with Gasteiger partial charge in [0.05, 0.1) is 45.9 Å². The van der Waals surface area contributed by atoms with Crippen molar-refractivity contribution in [2.45, 2.75) is 18.9 Å². The van der Waals surface area contributed by atoms with Gasteiger partial charge in [-0.3, -0.25) is 10.2 Å². The zero-order chi connectivity index (χ0) is 26.9. The van der Waals surface area contributed by atoms with Crippen LogP contribution in [0, 0.1) is 5.41 Å². The number of anilines is 1. The molecule has 0 spiro atoms.